The number of halogens is 1. The van der Waals surface area contributed by atoms with Crippen molar-refractivity contribution < 1.29 is 14.0 Å². The smallest absolute Gasteiger partial charge is 0.320 e. The Labute approximate surface area is 174 Å². The van der Waals surface area contributed by atoms with Crippen molar-refractivity contribution in [3.05, 3.63) is 95.8 Å². The van der Waals surface area contributed by atoms with Gasteiger partial charge in [0, 0.05) is 25.2 Å². The Bertz CT molecular complexity index is 1040. The molecular weight excluding hydrogens is 381 g/mol. The van der Waals surface area contributed by atoms with Crippen LogP contribution < -0.4 is 10.2 Å². The Morgan fingerprint density at radius 1 is 0.900 bits per heavy atom. The van der Waals surface area contributed by atoms with Gasteiger partial charge in [-0.1, -0.05) is 42.5 Å². The van der Waals surface area contributed by atoms with Gasteiger partial charge in [-0.15, -0.1) is 0 Å². The Morgan fingerprint density at radius 2 is 1.60 bits per heavy atom. The van der Waals surface area contributed by atoms with E-state index in [0.29, 0.717) is 36.6 Å². The summed E-state index contributed by atoms with van der Waals surface area (Å²) < 4.78 is 13.2. The van der Waals surface area contributed by atoms with Crippen LogP contribution in [0.4, 0.5) is 20.6 Å². The highest BCUT2D eigenvalue weighted by atomic mass is 19.1. The third-order valence-corrected chi connectivity index (χ3v) is 5.08. The summed E-state index contributed by atoms with van der Waals surface area (Å²) in [4.78, 5) is 29.2. The number of carbonyl (C=O) groups is 2. The first-order valence-electron chi connectivity index (χ1n) is 9.88. The van der Waals surface area contributed by atoms with Crippen molar-refractivity contribution in [2.45, 2.75) is 13.0 Å². The van der Waals surface area contributed by atoms with Gasteiger partial charge in [0.2, 0.25) is 0 Å². The highest BCUT2D eigenvalue weighted by Crippen LogP contribution is 2.29. The standard InChI is InChI=1S/C24H22FN3O2/c25-20-13-11-18(12-14-20)17-27-15-6-16-28(24(27)30)22-10-5-4-9-21(22)26-23(29)19-7-2-1-3-8-19/h1-5,7-14H,6,15-17H2,(H,26,29). The highest BCUT2D eigenvalue weighted by molar-refractivity contribution is 6.07. The van der Waals surface area contributed by atoms with Crippen molar-refractivity contribution in [3.63, 3.8) is 0 Å². The number of hydrogen-bond acceptors (Lipinski definition) is 2. The van der Waals surface area contributed by atoms with Crippen LogP contribution in [0.2, 0.25) is 0 Å². The number of nitrogens with one attached hydrogen (secondary N) is 1. The van der Waals surface area contributed by atoms with Crippen molar-refractivity contribution in [2.75, 3.05) is 23.3 Å². The van der Waals surface area contributed by atoms with Gasteiger partial charge in [0.05, 0.1) is 11.4 Å². The molecule has 4 rings (SSSR count). The molecule has 30 heavy (non-hydrogen) atoms. The van der Waals surface area contributed by atoms with Crippen LogP contribution in [0.5, 0.6) is 0 Å². The van der Waals surface area contributed by atoms with Gasteiger partial charge < -0.3 is 10.2 Å². The number of rotatable bonds is 5. The Kier molecular flexibility index (Phi) is 5.75. The fourth-order valence-corrected chi connectivity index (χ4v) is 3.56. The summed E-state index contributed by atoms with van der Waals surface area (Å²) in [5, 5.41) is 2.92. The van der Waals surface area contributed by atoms with E-state index < -0.39 is 0 Å². The average molecular weight is 403 g/mol. The molecule has 0 saturated carbocycles. The summed E-state index contributed by atoms with van der Waals surface area (Å²) in [6, 6.07) is 22.3. The maximum Gasteiger partial charge on any atom is 0.324 e. The summed E-state index contributed by atoms with van der Waals surface area (Å²) in [5.74, 6) is -0.524. The Morgan fingerprint density at radius 3 is 2.37 bits per heavy atom. The second-order valence-corrected chi connectivity index (χ2v) is 7.17. The van der Waals surface area contributed by atoms with Gasteiger partial charge in [-0.25, -0.2) is 9.18 Å². The van der Waals surface area contributed by atoms with Crippen molar-refractivity contribution in [1.29, 1.82) is 0 Å². The van der Waals surface area contributed by atoms with E-state index in [1.165, 1.54) is 12.1 Å². The lowest BCUT2D eigenvalue weighted by molar-refractivity contribution is 0.102. The van der Waals surface area contributed by atoms with Crippen molar-refractivity contribution in [3.8, 4) is 0 Å². The normalized spacial score (nSPS) is 14.0. The Hall–Kier alpha value is -3.67. The molecule has 1 N–H and O–H groups in total. The zero-order valence-electron chi connectivity index (χ0n) is 16.4. The molecule has 0 atom stereocenters. The molecule has 152 valence electrons. The molecule has 1 heterocycles. The van der Waals surface area contributed by atoms with Gasteiger partial charge in [0.25, 0.3) is 5.91 Å². The molecule has 0 bridgehead atoms. The van der Waals surface area contributed by atoms with Gasteiger partial charge >= 0.3 is 6.03 Å². The first kappa shape index (κ1) is 19.6. The average Bonchev–Trinajstić information content (AvgIpc) is 2.78. The minimum absolute atomic E-state index is 0.132. The van der Waals surface area contributed by atoms with E-state index in [1.54, 1.807) is 40.1 Å². The van der Waals surface area contributed by atoms with Gasteiger partial charge in [-0.05, 0) is 48.4 Å². The molecule has 1 aliphatic heterocycles. The van der Waals surface area contributed by atoms with Crippen LogP contribution in [-0.2, 0) is 6.54 Å². The molecule has 6 heteroatoms. The number of urea groups is 1. The van der Waals surface area contributed by atoms with Crippen LogP contribution in [0.3, 0.4) is 0 Å². The minimum Gasteiger partial charge on any atom is -0.320 e. The maximum atomic E-state index is 13.2. The van der Waals surface area contributed by atoms with Crippen LogP contribution in [-0.4, -0.2) is 29.9 Å². The highest BCUT2D eigenvalue weighted by Gasteiger charge is 2.28. The van der Waals surface area contributed by atoms with Gasteiger partial charge in [-0.2, -0.15) is 0 Å². The molecule has 3 aromatic rings. The van der Waals surface area contributed by atoms with Crippen molar-refractivity contribution in [1.82, 2.24) is 4.90 Å². The second kappa shape index (κ2) is 8.78. The summed E-state index contributed by atoms with van der Waals surface area (Å²) in [6.07, 6.45) is 0.800. The molecule has 1 aliphatic rings. The minimum atomic E-state index is -0.298. The number of benzene rings is 3. The molecular formula is C24H22FN3O2. The number of anilines is 2. The molecule has 0 aliphatic carbocycles. The monoisotopic (exact) mass is 403 g/mol. The number of carbonyl (C=O) groups excluding carboxylic acids is 2. The fraction of sp³-hybridized carbons (Fsp3) is 0.167. The number of amides is 3. The van der Waals surface area contributed by atoms with Crippen LogP contribution in [0, 0.1) is 5.82 Å². The molecule has 0 spiro atoms. The van der Waals surface area contributed by atoms with Crippen LogP contribution >= 0.6 is 0 Å². The summed E-state index contributed by atoms with van der Waals surface area (Å²) in [5.41, 5.74) is 2.67. The summed E-state index contributed by atoms with van der Waals surface area (Å²) in [6.45, 7) is 1.61. The van der Waals surface area contributed by atoms with E-state index in [2.05, 4.69) is 5.32 Å². The molecule has 0 unspecified atom stereocenters. The molecule has 1 saturated heterocycles. The van der Waals surface area contributed by atoms with Crippen molar-refractivity contribution >= 4 is 23.3 Å². The number of nitrogens with zero attached hydrogens (tertiary/aromatic N) is 2. The lowest BCUT2D eigenvalue weighted by Crippen LogP contribution is -2.49. The van der Waals surface area contributed by atoms with E-state index in [0.717, 1.165) is 12.0 Å². The number of para-hydroxylation sites is 2. The molecule has 0 aromatic heterocycles. The van der Waals surface area contributed by atoms with Gasteiger partial charge in [0.15, 0.2) is 0 Å². The van der Waals surface area contributed by atoms with Crippen LogP contribution in [0.15, 0.2) is 78.9 Å². The van der Waals surface area contributed by atoms with E-state index >= 15 is 0 Å². The third-order valence-electron chi connectivity index (χ3n) is 5.08. The predicted octanol–water partition coefficient (Wildman–Crippen LogP) is 4.91. The number of hydrogen-bond donors (Lipinski definition) is 1. The third kappa shape index (κ3) is 4.33. The lowest BCUT2D eigenvalue weighted by atomic mass is 10.1. The molecule has 3 amide bonds. The van der Waals surface area contributed by atoms with E-state index in [9.17, 15) is 14.0 Å². The SMILES string of the molecule is O=C(Nc1ccccc1N1CCCN(Cc2ccc(F)cc2)C1=O)c1ccccc1. The van der Waals surface area contributed by atoms with E-state index in [-0.39, 0.29) is 17.8 Å². The lowest BCUT2D eigenvalue weighted by Gasteiger charge is -2.36. The van der Waals surface area contributed by atoms with Gasteiger partial charge in [0.1, 0.15) is 5.82 Å². The maximum absolute atomic E-state index is 13.2. The molecule has 0 radical (unpaired) electrons. The second-order valence-electron chi connectivity index (χ2n) is 7.17. The first-order chi connectivity index (χ1) is 14.6. The van der Waals surface area contributed by atoms with Crippen LogP contribution in [0.1, 0.15) is 22.3 Å². The Balaban J connectivity index is 1.54. The fourth-order valence-electron chi connectivity index (χ4n) is 3.56. The topological polar surface area (TPSA) is 52.7 Å². The largest absolute Gasteiger partial charge is 0.324 e. The quantitative estimate of drug-likeness (QED) is 0.658. The van der Waals surface area contributed by atoms with Crippen LogP contribution in [0.25, 0.3) is 0 Å². The molecule has 1 fully saturated rings. The van der Waals surface area contributed by atoms with Gasteiger partial charge in [-0.3, -0.25) is 9.69 Å². The zero-order valence-corrected chi connectivity index (χ0v) is 16.4. The zero-order chi connectivity index (χ0) is 20.9. The first-order valence-corrected chi connectivity index (χ1v) is 9.88. The molecule has 3 aromatic carbocycles. The van der Waals surface area contributed by atoms with Crippen molar-refractivity contribution in [2.24, 2.45) is 0 Å². The summed E-state index contributed by atoms with van der Waals surface area (Å²) >= 11 is 0. The van der Waals surface area contributed by atoms with E-state index in [4.69, 9.17) is 0 Å². The summed E-state index contributed by atoms with van der Waals surface area (Å²) in [7, 11) is 0. The van der Waals surface area contributed by atoms with E-state index in [1.807, 2.05) is 36.4 Å². The predicted molar refractivity (Wildman–Crippen MR) is 115 cm³/mol. The molecule has 5 nitrogen and oxygen atoms in total.